The monoisotopic (exact) mass is 268 g/mol. The van der Waals surface area contributed by atoms with E-state index in [1.165, 1.54) is 11.1 Å². The number of rotatable bonds is 3. The molecule has 3 aromatic rings. The van der Waals surface area contributed by atoms with Crippen molar-refractivity contribution in [3.63, 3.8) is 0 Å². The Balaban J connectivity index is 1.79. The summed E-state index contributed by atoms with van der Waals surface area (Å²) in [6, 6.07) is 11.5. The summed E-state index contributed by atoms with van der Waals surface area (Å²) >= 11 is 0. The molecule has 2 aromatic carbocycles. The van der Waals surface area contributed by atoms with Gasteiger partial charge in [0.1, 0.15) is 11.3 Å². The molecular weight excluding hydrogens is 252 g/mol. The van der Waals surface area contributed by atoms with Crippen molar-refractivity contribution in [2.75, 3.05) is 5.73 Å². The summed E-state index contributed by atoms with van der Waals surface area (Å²) in [6.07, 6.45) is 0. The lowest BCUT2D eigenvalue weighted by atomic mass is 10.1. The van der Waals surface area contributed by atoms with Crippen molar-refractivity contribution < 1.29 is 9.15 Å². The Morgan fingerprint density at radius 1 is 1.10 bits per heavy atom. The zero-order chi connectivity index (χ0) is 14.1. The summed E-state index contributed by atoms with van der Waals surface area (Å²) in [5, 5.41) is 0. The van der Waals surface area contributed by atoms with Gasteiger partial charge in [-0.1, -0.05) is 6.07 Å². The lowest BCUT2D eigenvalue weighted by Crippen LogP contribution is -1.96. The van der Waals surface area contributed by atoms with Crippen LogP contribution in [0.1, 0.15) is 17.0 Å². The van der Waals surface area contributed by atoms with E-state index in [-0.39, 0.29) is 0 Å². The predicted octanol–water partition coefficient (Wildman–Crippen LogP) is 3.61. The number of ether oxygens (including phenoxy) is 1. The maximum absolute atomic E-state index is 5.73. The van der Waals surface area contributed by atoms with Crippen LogP contribution in [0.3, 0.4) is 0 Å². The molecule has 0 spiro atoms. The second-order valence-electron chi connectivity index (χ2n) is 4.95. The fraction of sp³-hybridized carbons (Fsp3) is 0.188. The van der Waals surface area contributed by atoms with E-state index in [0.29, 0.717) is 23.8 Å². The second-order valence-corrected chi connectivity index (χ2v) is 4.95. The first-order valence-electron chi connectivity index (χ1n) is 6.46. The van der Waals surface area contributed by atoms with Crippen LogP contribution in [0, 0.1) is 13.8 Å². The summed E-state index contributed by atoms with van der Waals surface area (Å²) in [5.74, 6) is 1.37. The van der Waals surface area contributed by atoms with Gasteiger partial charge < -0.3 is 14.9 Å². The van der Waals surface area contributed by atoms with Crippen LogP contribution in [-0.2, 0) is 6.61 Å². The molecule has 1 heterocycles. The van der Waals surface area contributed by atoms with Crippen molar-refractivity contribution in [2.45, 2.75) is 20.5 Å². The molecule has 0 aliphatic rings. The van der Waals surface area contributed by atoms with E-state index < -0.39 is 0 Å². The van der Waals surface area contributed by atoms with E-state index in [2.05, 4.69) is 11.1 Å². The van der Waals surface area contributed by atoms with Crippen molar-refractivity contribution >= 4 is 16.8 Å². The predicted molar refractivity (Wildman–Crippen MR) is 78.7 cm³/mol. The molecule has 0 saturated heterocycles. The number of benzene rings is 2. The number of aryl methyl sites for hydroxylation is 2. The Hall–Kier alpha value is -2.49. The molecule has 0 unspecified atom stereocenters. The fourth-order valence-electron chi connectivity index (χ4n) is 2.21. The number of aromatic nitrogens is 1. The highest BCUT2D eigenvalue weighted by molar-refractivity contribution is 5.76. The average molecular weight is 268 g/mol. The maximum atomic E-state index is 5.73. The Kier molecular flexibility index (Phi) is 3.06. The Bertz CT molecular complexity index is 742. The van der Waals surface area contributed by atoms with Crippen LogP contribution in [-0.4, -0.2) is 4.98 Å². The highest BCUT2D eigenvalue weighted by Gasteiger charge is 2.07. The normalized spacial score (nSPS) is 10.9. The number of hydrogen-bond donors (Lipinski definition) is 1. The maximum Gasteiger partial charge on any atom is 0.233 e. The van der Waals surface area contributed by atoms with Gasteiger partial charge in [-0.25, -0.2) is 4.98 Å². The van der Waals surface area contributed by atoms with Gasteiger partial charge in [-0.3, -0.25) is 0 Å². The number of oxazole rings is 1. The molecule has 4 heteroatoms. The van der Waals surface area contributed by atoms with Crippen molar-refractivity contribution in [1.29, 1.82) is 0 Å². The Labute approximate surface area is 117 Å². The Morgan fingerprint density at radius 2 is 1.85 bits per heavy atom. The molecule has 3 rings (SSSR count). The minimum atomic E-state index is 0.303. The fourth-order valence-corrected chi connectivity index (χ4v) is 2.21. The second kappa shape index (κ2) is 4.89. The molecule has 0 amide bonds. The van der Waals surface area contributed by atoms with Crippen LogP contribution in [0.2, 0.25) is 0 Å². The molecule has 0 aliphatic heterocycles. The van der Waals surface area contributed by atoms with Crippen LogP contribution in [0.5, 0.6) is 5.75 Å². The van der Waals surface area contributed by atoms with Crippen molar-refractivity contribution in [2.24, 2.45) is 0 Å². The van der Waals surface area contributed by atoms with Crippen molar-refractivity contribution in [1.82, 2.24) is 4.98 Å². The van der Waals surface area contributed by atoms with Crippen LogP contribution in [0.4, 0.5) is 5.69 Å². The van der Waals surface area contributed by atoms with Gasteiger partial charge in [0.15, 0.2) is 12.2 Å². The molecule has 20 heavy (non-hydrogen) atoms. The number of nitrogen functional groups attached to an aromatic ring is 1. The Morgan fingerprint density at radius 3 is 2.60 bits per heavy atom. The molecule has 4 nitrogen and oxygen atoms in total. The SMILES string of the molecule is Cc1cc(C)cc(OCc2nc3ccc(N)cc3o2)c1. The number of fused-ring (bicyclic) bond motifs is 1. The third kappa shape index (κ3) is 2.59. The summed E-state index contributed by atoms with van der Waals surface area (Å²) in [6.45, 7) is 4.39. The average Bonchev–Trinajstić information content (AvgIpc) is 2.77. The third-order valence-corrected chi connectivity index (χ3v) is 3.01. The smallest absolute Gasteiger partial charge is 0.233 e. The third-order valence-electron chi connectivity index (χ3n) is 3.01. The van der Waals surface area contributed by atoms with Gasteiger partial charge in [-0.05, 0) is 49.2 Å². The van der Waals surface area contributed by atoms with Gasteiger partial charge in [-0.2, -0.15) is 0 Å². The minimum Gasteiger partial charge on any atom is -0.484 e. The zero-order valence-electron chi connectivity index (χ0n) is 11.5. The van der Waals surface area contributed by atoms with Crippen LogP contribution >= 0.6 is 0 Å². The summed E-state index contributed by atoms with van der Waals surface area (Å²) in [4.78, 5) is 4.37. The molecule has 0 aliphatic carbocycles. The first-order valence-corrected chi connectivity index (χ1v) is 6.46. The highest BCUT2D eigenvalue weighted by atomic mass is 16.5. The van der Waals surface area contributed by atoms with Gasteiger partial charge in [-0.15, -0.1) is 0 Å². The minimum absolute atomic E-state index is 0.303. The van der Waals surface area contributed by atoms with E-state index in [4.69, 9.17) is 14.9 Å². The zero-order valence-corrected chi connectivity index (χ0v) is 11.5. The van der Waals surface area contributed by atoms with Gasteiger partial charge in [0, 0.05) is 11.8 Å². The standard InChI is InChI=1S/C16H16N2O2/c1-10-5-11(2)7-13(6-10)19-9-16-18-14-4-3-12(17)8-15(14)20-16/h3-8H,9,17H2,1-2H3. The first kappa shape index (κ1) is 12.5. The largest absolute Gasteiger partial charge is 0.484 e. The lowest BCUT2D eigenvalue weighted by molar-refractivity contribution is 0.267. The first-order chi connectivity index (χ1) is 9.60. The number of nitrogens with zero attached hydrogens (tertiary/aromatic N) is 1. The van der Waals surface area contributed by atoms with Crippen molar-refractivity contribution in [3.05, 3.63) is 53.4 Å². The quantitative estimate of drug-likeness (QED) is 0.737. The summed E-state index contributed by atoms with van der Waals surface area (Å²) in [7, 11) is 0. The molecule has 1 aromatic heterocycles. The molecular formula is C16H16N2O2. The van der Waals surface area contributed by atoms with E-state index in [1.54, 1.807) is 12.1 Å². The molecule has 0 saturated carbocycles. The van der Waals surface area contributed by atoms with Crippen LogP contribution < -0.4 is 10.5 Å². The topological polar surface area (TPSA) is 61.3 Å². The molecule has 0 atom stereocenters. The highest BCUT2D eigenvalue weighted by Crippen LogP contribution is 2.21. The van der Waals surface area contributed by atoms with Gasteiger partial charge in [0.05, 0.1) is 0 Å². The number of anilines is 1. The van der Waals surface area contributed by atoms with E-state index in [0.717, 1.165) is 11.3 Å². The molecule has 102 valence electrons. The molecule has 0 fully saturated rings. The van der Waals surface area contributed by atoms with Crippen molar-refractivity contribution in [3.8, 4) is 5.75 Å². The lowest BCUT2D eigenvalue weighted by Gasteiger charge is -2.05. The number of hydrogen-bond acceptors (Lipinski definition) is 4. The van der Waals surface area contributed by atoms with Crippen LogP contribution in [0.25, 0.3) is 11.1 Å². The van der Waals surface area contributed by atoms with E-state index in [1.807, 2.05) is 32.0 Å². The molecule has 2 N–H and O–H groups in total. The number of nitrogens with two attached hydrogens (primary N) is 1. The summed E-state index contributed by atoms with van der Waals surface area (Å²) < 4.78 is 11.3. The molecule has 0 bridgehead atoms. The molecule has 0 radical (unpaired) electrons. The van der Waals surface area contributed by atoms with E-state index >= 15 is 0 Å². The summed E-state index contributed by atoms with van der Waals surface area (Å²) in [5.41, 5.74) is 10.2. The van der Waals surface area contributed by atoms with Gasteiger partial charge >= 0.3 is 0 Å². The van der Waals surface area contributed by atoms with Gasteiger partial charge in [0.25, 0.3) is 0 Å². The van der Waals surface area contributed by atoms with E-state index in [9.17, 15) is 0 Å². The van der Waals surface area contributed by atoms with Gasteiger partial charge in [0.2, 0.25) is 5.89 Å². The van der Waals surface area contributed by atoms with Crippen LogP contribution in [0.15, 0.2) is 40.8 Å².